The highest BCUT2D eigenvalue weighted by molar-refractivity contribution is 5.81. The first-order valence-electron chi connectivity index (χ1n) is 7.12. The number of pyridine rings is 1. The molecule has 0 atom stereocenters. The normalized spacial score (nSPS) is 11.7. The number of nitrogens with zero attached hydrogens (tertiary/aromatic N) is 8. The van der Waals surface area contributed by atoms with Crippen molar-refractivity contribution in [2.75, 3.05) is 0 Å². The van der Waals surface area contributed by atoms with Crippen molar-refractivity contribution in [3.63, 3.8) is 0 Å². The van der Waals surface area contributed by atoms with Crippen LogP contribution in [0, 0.1) is 27.7 Å². The van der Waals surface area contributed by atoms with E-state index in [1.54, 1.807) is 43.1 Å². The van der Waals surface area contributed by atoms with Crippen molar-refractivity contribution in [3.8, 4) is 0 Å². The number of aryl methyl sites for hydroxylation is 4. The monoisotopic (exact) mass is 310 g/mol. The third kappa shape index (κ3) is 1.79. The quantitative estimate of drug-likeness (QED) is 0.510. The summed E-state index contributed by atoms with van der Waals surface area (Å²) in [5.74, 6) is 2.36. The third-order valence-corrected chi connectivity index (χ3v) is 3.77. The maximum Gasteiger partial charge on any atom is 0.281 e. The molecule has 0 N–H and O–H groups in total. The van der Waals surface area contributed by atoms with Gasteiger partial charge < -0.3 is 0 Å². The molecule has 0 aromatic carbocycles. The molecule has 0 radical (unpaired) electrons. The molecule has 0 aliphatic heterocycles. The SMILES string of the molecule is Cc1nc2nc(C)c3c(=O)n(-n4c(C)nnc4C)ccc3n2n1. The van der Waals surface area contributed by atoms with Crippen LogP contribution in [0.3, 0.4) is 0 Å². The molecular weight excluding hydrogens is 296 g/mol. The number of fused-ring (bicyclic) bond motifs is 3. The number of hydrogen-bond acceptors (Lipinski definition) is 6. The van der Waals surface area contributed by atoms with Gasteiger partial charge in [0.2, 0.25) is 0 Å². The van der Waals surface area contributed by atoms with Crippen LogP contribution >= 0.6 is 0 Å². The highest BCUT2D eigenvalue weighted by atomic mass is 16.1. The van der Waals surface area contributed by atoms with Gasteiger partial charge in [-0.15, -0.1) is 15.3 Å². The minimum atomic E-state index is -0.200. The van der Waals surface area contributed by atoms with E-state index in [1.165, 1.54) is 4.68 Å². The fraction of sp³-hybridized carbons (Fsp3) is 0.286. The van der Waals surface area contributed by atoms with Crippen LogP contribution in [-0.2, 0) is 0 Å². The van der Waals surface area contributed by atoms with Gasteiger partial charge >= 0.3 is 0 Å². The molecule has 0 spiro atoms. The first-order chi connectivity index (χ1) is 11.0. The molecule has 4 heterocycles. The Hall–Kier alpha value is -3.10. The van der Waals surface area contributed by atoms with Gasteiger partial charge in [0.15, 0.2) is 0 Å². The van der Waals surface area contributed by atoms with Crippen LogP contribution in [0.5, 0.6) is 0 Å². The minimum Gasteiger partial charge on any atom is -0.267 e. The predicted octanol–water partition coefficient (Wildman–Crippen LogP) is 0.576. The van der Waals surface area contributed by atoms with Crippen LogP contribution in [-0.4, -0.2) is 39.1 Å². The second-order valence-corrected chi connectivity index (χ2v) is 5.40. The zero-order valence-electron chi connectivity index (χ0n) is 13.1. The van der Waals surface area contributed by atoms with E-state index in [0.29, 0.717) is 39.8 Å². The number of aromatic nitrogens is 8. The molecule has 9 nitrogen and oxygen atoms in total. The summed E-state index contributed by atoms with van der Waals surface area (Å²) in [5, 5.41) is 12.8. The molecule has 4 aromatic heterocycles. The molecule has 0 aliphatic rings. The topological polar surface area (TPSA) is 95.8 Å². The Bertz CT molecular complexity index is 1110. The summed E-state index contributed by atoms with van der Waals surface area (Å²) >= 11 is 0. The Morgan fingerprint density at radius 3 is 2.39 bits per heavy atom. The Balaban J connectivity index is 2.16. The molecule has 0 unspecified atom stereocenters. The van der Waals surface area contributed by atoms with Crippen LogP contribution < -0.4 is 5.56 Å². The standard InChI is InChI=1S/C14H14N8O/c1-7-12-11(21-14(15-7)16-8(2)19-21)5-6-20(13(12)23)22-9(3)17-18-10(22)4/h5-6H,1-4H3. The van der Waals surface area contributed by atoms with Gasteiger partial charge in [0, 0.05) is 6.20 Å². The lowest BCUT2D eigenvalue weighted by atomic mass is 10.2. The van der Waals surface area contributed by atoms with Gasteiger partial charge in [-0.05, 0) is 33.8 Å². The fourth-order valence-electron chi connectivity index (χ4n) is 2.81. The second kappa shape index (κ2) is 4.45. The molecule has 23 heavy (non-hydrogen) atoms. The lowest BCUT2D eigenvalue weighted by Crippen LogP contribution is -2.28. The third-order valence-electron chi connectivity index (χ3n) is 3.77. The molecule has 0 amide bonds. The van der Waals surface area contributed by atoms with E-state index in [4.69, 9.17) is 0 Å². The summed E-state index contributed by atoms with van der Waals surface area (Å²) in [6.07, 6.45) is 1.68. The van der Waals surface area contributed by atoms with Gasteiger partial charge in [-0.2, -0.15) is 9.50 Å². The molecule has 0 bridgehead atoms. The molecule has 0 saturated carbocycles. The molecule has 4 aromatic rings. The highest BCUT2D eigenvalue weighted by Gasteiger charge is 2.15. The van der Waals surface area contributed by atoms with E-state index >= 15 is 0 Å². The molecule has 0 fully saturated rings. The highest BCUT2D eigenvalue weighted by Crippen LogP contribution is 2.15. The fourth-order valence-corrected chi connectivity index (χ4v) is 2.81. The Labute approximate surface area is 130 Å². The summed E-state index contributed by atoms with van der Waals surface area (Å²) < 4.78 is 4.74. The zero-order chi connectivity index (χ0) is 16.3. The molecule has 0 aliphatic carbocycles. The first kappa shape index (κ1) is 13.6. The van der Waals surface area contributed by atoms with Crippen molar-refractivity contribution in [2.45, 2.75) is 27.7 Å². The minimum absolute atomic E-state index is 0.200. The van der Waals surface area contributed by atoms with Crippen molar-refractivity contribution in [1.29, 1.82) is 0 Å². The molecular formula is C14H14N8O. The first-order valence-corrected chi connectivity index (χ1v) is 7.12. The van der Waals surface area contributed by atoms with E-state index in [2.05, 4.69) is 25.3 Å². The predicted molar refractivity (Wildman–Crippen MR) is 82.3 cm³/mol. The number of rotatable bonds is 1. The summed E-state index contributed by atoms with van der Waals surface area (Å²) in [4.78, 5) is 21.6. The van der Waals surface area contributed by atoms with Crippen molar-refractivity contribution in [1.82, 2.24) is 39.1 Å². The van der Waals surface area contributed by atoms with Crippen LogP contribution in [0.25, 0.3) is 16.7 Å². The van der Waals surface area contributed by atoms with Crippen LogP contribution in [0.1, 0.15) is 23.2 Å². The van der Waals surface area contributed by atoms with E-state index in [1.807, 2.05) is 6.07 Å². The zero-order valence-corrected chi connectivity index (χ0v) is 13.1. The Kier molecular flexibility index (Phi) is 2.62. The van der Waals surface area contributed by atoms with Crippen LogP contribution in [0.4, 0.5) is 0 Å². The van der Waals surface area contributed by atoms with E-state index in [-0.39, 0.29) is 5.56 Å². The van der Waals surface area contributed by atoms with E-state index < -0.39 is 0 Å². The van der Waals surface area contributed by atoms with Gasteiger partial charge in [0.05, 0.1) is 16.6 Å². The summed E-state index contributed by atoms with van der Waals surface area (Å²) in [6, 6.07) is 1.82. The van der Waals surface area contributed by atoms with E-state index in [0.717, 1.165) is 0 Å². The maximum atomic E-state index is 13.0. The Morgan fingerprint density at radius 1 is 1.00 bits per heavy atom. The van der Waals surface area contributed by atoms with Crippen molar-refractivity contribution in [3.05, 3.63) is 45.8 Å². The molecule has 116 valence electrons. The average molecular weight is 310 g/mol. The van der Waals surface area contributed by atoms with Gasteiger partial charge in [-0.3, -0.25) is 4.79 Å². The van der Waals surface area contributed by atoms with Gasteiger partial charge in [-0.25, -0.2) is 14.3 Å². The lowest BCUT2D eigenvalue weighted by Gasteiger charge is -2.11. The van der Waals surface area contributed by atoms with Crippen molar-refractivity contribution in [2.24, 2.45) is 0 Å². The molecule has 4 rings (SSSR count). The Morgan fingerprint density at radius 2 is 1.70 bits per heavy atom. The summed E-state index contributed by atoms with van der Waals surface area (Å²) in [6.45, 7) is 7.18. The van der Waals surface area contributed by atoms with Gasteiger partial charge in [0.25, 0.3) is 11.3 Å². The average Bonchev–Trinajstić information content (AvgIpc) is 3.02. The molecule has 0 saturated heterocycles. The van der Waals surface area contributed by atoms with Gasteiger partial charge in [-0.1, -0.05) is 0 Å². The molecule has 9 heteroatoms. The summed E-state index contributed by atoms with van der Waals surface area (Å²) in [5.41, 5.74) is 1.09. The van der Waals surface area contributed by atoms with E-state index in [9.17, 15) is 4.79 Å². The second-order valence-electron chi connectivity index (χ2n) is 5.40. The maximum absolute atomic E-state index is 13.0. The lowest BCUT2D eigenvalue weighted by molar-refractivity contribution is 0.594. The summed E-state index contributed by atoms with van der Waals surface area (Å²) in [7, 11) is 0. The largest absolute Gasteiger partial charge is 0.281 e. The van der Waals surface area contributed by atoms with Gasteiger partial charge in [0.1, 0.15) is 17.5 Å². The number of hydrogen-bond donors (Lipinski definition) is 0. The van der Waals surface area contributed by atoms with Crippen molar-refractivity contribution >= 4 is 16.7 Å². The van der Waals surface area contributed by atoms with Crippen molar-refractivity contribution < 1.29 is 0 Å². The van der Waals surface area contributed by atoms with Crippen LogP contribution in [0.2, 0.25) is 0 Å². The smallest absolute Gasteiger partial charge is 0.267 e. The van der Waals surface area contributed by atoms with Crippen LogP contribution in [0.15, 0.2) is 17.1 Å².